The van der Waals surface area contributed by atoms with Gasteiger partial charge in [0.05, 0.1) is 0 Å². The molecule has 2 heterocycles. The molecule has 3 heteroatoms. The summed E-state index contributed by atoms with van der Waals surface area (Å²) in [5, 5.41) is 5.84. The van der Waals surface area contributed by atoms with Crippen LogP contribution < -0.4 is 5.32 Å². The van der Waals surface area contributed by atoms with Gasteiger partial charge in [-0.05, 0) is 55.3 Å². The molecule has 2 atom stereocenters. The van der Waals surface area contributed by atoms with Crippen molar-refractivity contribution in [3.63, 3.8) is 0 Å². The molecule has 1 N–H and O–H groups in total. The van der Waals surface area contributed by atoms with Crippen molar-refractivity contribution in [3.8, 4) is 0 Å². The molecular weight excluding hydrogens is 252 g/mol. The summed E-state index contributed by atoms with van der Waals surface area (Å²) in [5.41, 5.74) is 1.56. The van der Waals surface area contributed by atoms with Crippen LogP contribution in [0.15, 0.2) is 11.4 Å². The third-order valence-corrected chi connectivity index (χ3v) is 5.28. The average Bonchev–Trinajstić information content (AvgIpc) is 2.84. The lowest BCUT2D eigenvalue weighted by atomic mass is 9.98. The lowest BCUT2D eigenvalue weighted by molar-refractivity contribution is 0.145. The standard InChI is InChI=1S/C16H28N2S/c1-12(2)9-17-10-13(3)14(4)18-7-5-16-15(11-18)6-8-19-16/h6,8,12-14,17H,5,7,9-11H2,1-4H3. The number of hydrogen-bond acceptors (Lipinski definition) is 3. The van der Waals surface area contributed by atoms with E-state index in [1.807, 2.05) is 11.3 Å². The first-order valence-corrected chi connectivity index (χ1v) is 8.46. The summed E-state index contributed by atoms with van der Waals surface area (Å²) in [5.74, 6) is 1.45. The van der Waals surface area contributed by atoms with E-state index in [9.17, 15) is 0 Å². The molecule has 2 unspecified atom stereocenters. The minimum atomic E-state index is 0.660. The Morgan fingerprint density at radius 2 is 2.05 bits per heavy atom. The van der Waals surface area contributed by atoms with Crippen molar-refractivity contribution in [2.24, 2.45) is 11.8 Å². The van der Waals surface area contributed by atoms with Crippen LogP contribution in [0.5, 0.6) is 0 Å². The number of thiophene rings is 1. The second-order valence-corrected chi connectivity index (χ2v) is 7.36. The summed E-state index contributed by atoms with van der Waals surface area (Å²) in [4.78, 5) is 4.26. The maximum atomic E-state index is 3.59. The summed E-state index contributed by atoms with van der Waals surface area (Å²) in [7, 11) is 0. The molecule has 2 nitrogen and oxygen atoms in total. The van der Waals surface area contributed by atoms with Gasteiger partial charge in [0.25, 0.3) is 0 Å². The lowest BCUT2D eigenvalue weighted by Gasteiger charge is -2.36. The molecule has 0 spiro atoms. The molecule has 2 rings (SSSR count). The zero-order chi connectivity index (χ0) is 13.8. The molecule has 0 aliphatic carbocycles. The van der Waals surface area contributed by atoms with Crippen LogP contribution in [0.25, 0.3) is 0 Å². The second-order valence-electron chi connectivity index (χ2n) is 6.36. The number of nitrogens with zero attached hydrogens (tertiary/aromatic N) is 1. The van der Waals surface area contributed by atoms with E-state index in [2.05, 4.69) is 49.4 Å². The topological polar surface area (TPSA) is 15.3 Å². The number of hydrogen-bond donors (Lipinski definition) is 1. The van der Waals surface area contributed by atoms with E-state index in [0.29, 0.717) is 12.0 Å². The SMILES string of the molecule is CC(C)CNCC(C)C(C)N1CCc2sccc2C1. The Morgan fingerprint density at radius 3 is 2.79 bits per heavy atom. The van der Waals surface area contributed by atoms with Crippen molar-refractivity contribution in [3.05, 3.63) is 21.9 Å². The highest BCUT2D eigenvalue weighted by Gasteiger charge is 2.24. The normalized spacial score (nSPS) is 19.4. The van der Waals surface area contributed by atoms with Crippen LogP contribution in [-0.4, -0.2) is 30.6 Å². The molecular formula is C16H28N2S. The fraction of sp³-hybridized carbons (Fsp3) is 0.750. The molecule has 0 bridgehead atoms. The minimum Gasteiger partial charge on any atom is -0.316 e. The quantitative estimate of drug-likeness (QED) is 0.859. The van der Waals surface area contributed by atoms with Crippen molar-refractivity contribution in [2.75, 3.05) is 19.6 Å². The first-order chi connectivity index (χ1) is 9.08. The molecule has 108 valence electrons. The first kappa shape index (κ1) is 15.0. The van der Waals surface area contributed by atoms with Crippen LogP contribution in [0, 0.1) is 11.8 Å². The van der Waals surface area contributed by atoms with E-state index in [1.54, 1.807) is 10.4 Å². The van der Waals surface area contributed by atoms with Crippen molar-refractivity contribution in [2.45, 2.75) is 46.7 Å². The predicted octanol–water partition coefficient (Wildman–Crippen LogP) is 3.38. The van der Waals surface area contributed by atoms with Gasteiger partial charge in [-0.1, -0.05) is 20.8 Å². The molecule has 1 aliphatic rings. The van der Waals surface area contributed by atoms with E-state index in [-0.39, 0.29) is 0 Å². The van der Waals surface area contributed by atoms with Gasteiger partial charge in [-0.3, -0.25) is 4.90 Å². The van der Waals surface area contributed by atoms with Gasteiger partial charge in [0.2, 0.25) is 0 Å². The van der Waals surface area contributed by atoms with Crippen molar-refractivity contribution < 1.29 is 0 Å². The highest BCUT2D eigenvalue weighted by molar-refractivity contribution is 7.10. The van der Waals surface area contributed by atoms with Gasteiger partial charge >= 0.3 is 0 Å². The zero-order valence-corrected chi connectivity index (χ0v) is 13.6. The predicted molar refractivity (Wildman–Crippen MR) is 84.8 cm³/mol. The van der Waals surface area contributed by atoms with Gasteiger partial charge in [-0.2, -0.15) is 0 Å². The van der Waals surface area contributed by atoms with Crippen LogP contribution >= 0.6 is 11.3 Å². The zero-order valence-electron chi connectivity index (χ0n) is 12.8. The molecule has 0 fully saturated rings. The Balaban J connectivity index is 1.81. The number of nitrogens with one attached hydrogen (secondary N) is 1. The second kappa shape index (κ2) is 6.87. The first-order valence-electron chi connectivity index (χ1n) is 7.58. The van der Waals surface area contributed by atoms with Crippen LogP contribution in [0.2, 0.25) is 0 Å². The van der Waals surface area contributed by atoms with Gasteiger partial charge in [0.15, 0.2) is 0 Å². The van der Waals surface area contributed by atoms with Crippen molar-refractivity contribution in [1.82, 2.24) is 10.2 Å². The summed E-state index contributed by atoms with van der Waals surface area (Å²) in [6, 6.07) is 2.97. The van der Waals surface area contributed by atoms with Gasteiger partial charge in [-0.15, -0.1) is 11.3 Å². The van der Waals surface area contributed by atoms with E-state index in [4.69, 9.17) is 0 Å². The third-order valence-electron chi connectivity index (χ3n) is 4.26. The van der Waals surface area contributed by atoms with Gasteiger partial charge < -0.3 is 5.32 Å². The van der Waals surface area contributed by atoms with Crippen molar-refractivity contribution in [1.29, 1.82) is 0 Å². The van der Waals surface area contributed by atoms with Crippen LogP contribution in [-0.2, 0) is 13.0 Å². The van der Waals surface area contributed by atoms with E-state index < -0.39 is 0 Å². The largest absolute Gasteiger partial charge is 0.316 e. The fourth-order valence-electron chi connectivity index (χ4n) is 2.75. The molecule has 1 aliphatic heterocycles. The van der Waals surface area contributed by atoms with E-state index >= 15 is 0 Å². The Bertz CT molecular complexity index is 386. The van der Waals surface area contributed by atoms with Gasteiger partial charge in [0, 0.05) is 24.0 Å². The summed E-state index contributed by atoms with van der Waals surface area (Å²) in [6.07, 6.45) is 1.24. The minimum absolute atomic E-state index is 0.660. The third kappa shape index (κ3) is 4.04. The summed E-state index contributed by atoms with van der Waals surface area (Å²) in [6.45, 7) is 13.9. The van der Waals surface area contributed by atoms with Gasteiger partial charge in [0.1, 0.15) is 0 Å². The Kier molecular flexibility index (Phi) is 5.43. The molecule has 0 saturated carbocycles. The highest BCUT2D eigenvalue weighted by Crippen LogP contribution is 2.26. The molecule has 0 saturated heterocycles. The lowest BCUT2D eigenvalue weighted by Crippen LogP contribution is -2.43. The van der Waals surface area contributed by atoms with E-state index in [0.717, 1.165) is 25.6 Å². The maximum absolute atomic E-state index is 3.59. The van der Waals surface area contributed by atoms with Crippen LogP contribution in [0.4, 0.5) is 0 Å². The molecule has 0 amide bonds. The van der Waals surface area contributed by atoms with Crippen LogP contribution in [0.3, 0.4) is 0 Å². The van der Waals surface area contributed by atoms with Crippen LogP contribution in [0.1, 0.15) is 38.1 Å². The number of rotatable bonds is 6. The maximum Gasteiger partial charge on any atom is 0.0247 e. The molecule has 1 aromatic heterocycles. The summed E-state index contributed by atoms with van der Waals surface area (Å²) >= 11 is 1.93. The average molecular weight is 280 g/mol. The molecule has 1 aromatic rings. The number of fused-ring (bicyclic) bond motifs is 1. The molecule has 0 radical (unpaired) electrons. The highest BCUT2D eigenvalue weighted by atomic mass is 32.1. The summed E-state index contributed by atoms with van der Waals surface area (Å²) < 4.78 is 0. The monoisotopic (exact) mass is 280 g/mol. The fourth-order valence-corrected chi connectivity index (χ4v) is 3.64. The Morgan fingerprint density at radius 1 is 1.26 bits per heavy atom. The molecule has 19 heavy (non-hydrogen) atoms. The smallest absolute Gasteiger partial charge is 0.0247 e. The molecule has 0 aromatic carbocycles. The van der Waals surface area contributed by atoms with Gasteiger partial charge in [-0.25, -0.2) is 0 Å². The Labute approximate surface area is 122 Å². The Hall–Kier alpha value is -0.380. The van der Waals surface area contributed by atoms with Crippen molar-refractivity contribution >= 4 is 11.3 Å². The van der Waals surface area contributed by atoms with E-state index in [1.165, 1.54) is 13.0 Å².